The van der Waals surface area contributed by atoms with E-state index < -0.39 is 0 Å². The maximum Gasteiger partial charge on any atom is 0.222 e. The van der Waals surface area contributed by atoms with Gasteiger partial charge in [0.2, 0.25) is 5.91 Å². The smallest absolute Gasteiger partial charge is 0.222 e. The van der Waals surface area contributed by atoms with Gasteiger partial charge in [0.05, 0.1) is 0 Å². The first kappa shape index (κ1) is 10.5. The van der Waals surface area contributed by atoms with Gasteiger partial charge in [0, 0.05) is 19.5 Å². The minimum atomic E-state index is 0.279. The summed E-state index contributed by atoms with van der Waals surface area (Å²) in [6.45, 7) is 6.90. The first-order valence-corrected chi connectivity index (χ1v) is 5.13. The molecule has 0 aromatic rings. The summed E-state index contributed by atoms with van der Waals surface area (Å²) in [4.78, 5) is 13.5. The number of hydrogen-bond acceptors (Lipinski definition) is 2. The quantitative estimate of drug-likeness (QED) is 0.706. The van der Waals surface area contributed by atoms with Crippen LogP contribution in [0.3, 0.4) is 0 Å². The van der Waals surface area contributed by atoms with Crippen LogP contribution in [-0.2, 0) is 4.79 Å². The molecule has 0 bridgehead atoms. The number of hydrogen-bond donors (Lipinski definition) is 1. The molecular weight excluding hydrogens is 164 g/mol. The van der Waals surface area contributed by atoms with Crippen molar-refractivity contribution in [2.45, 2.75) is 26.7 Å². The largest absolute Gasteiger partial charge is 0.342 e. The van der Waals surface area contributed by atoms with Gasteiger partial charge in [0.25, 0.3) is 0 Å². The number of amides is 1. The number of carbonyl (C=O) groups excluding carboxylic acids is 1. The van der Waals surface area contributed by atoms with Crippen LogP contribution in [-0.4, -0.2) is 30.4 Å². The predicted octanol–water partition coefficient (Wildman–Crippen LogP) is 0.840. The van der Waals surface area contributed by atoms with Crippen molar-refractivity contribution in [2.24, 2.45) is 17.6 Å². The van der Waals surface area contributed by atoms with Gasteiger partial charge in [-0.25, -0.2) is 0 Å². The molecule has 3 heteroatoms. The predicted molar refractivity (Wildman–Crippen MR) is 53.2 cm³/mol. The molecule has 1 rings (SSSR count). The molecule has 2 N–H and O–H groups in total. The Kier molecular flexibility index (Phi) is 3.72. The second kappa shape index (κ2) is 4.61. The van der Waals surface area contributed by atoms with E-state index in [0.29, 0.717) is 24.8 Å². The Labute approximate surface area is 80.3 Å². The van der Waals surface area contributed by atoms with Crippen LogP contribution in [0.2, 0.25) is 0 Å². The second-order valence-electron chi connectivity index (χ2n) is 4.15. The zero-order valence-corrected chi connectivity index (χ0v) is 8.62. The number of nitrogens with zero attached hydrogens (tertiary/aromatic N) is 1. The third-order valence-electron chi connectivity index (χ3n) is 2.94. The Morgan fingerprint density at radius 1 is 1.38 bits per heavy atom. The minimum absolute atomic E-state index is 0.279. The van der Waals surface area contributed by atoms with Gasteiger partial charge in [-0.3, -0.25) is 4.79 Å². The maximum atomic E-state index is 11.6. The Hall–Kier alpha value is -0.570. The van der Waals surface area contributed by atoms with Gasteiger partial charge in [0.1, 0.15) is 0 Å². The minimum Gasteiger partial charge on any atom is -0.342 e. The lowest BCUT2D eigenvalue weighted by atomic mass is 10.0. The Morgan fingerprint density at radius 2 is 1.92 bits per heavy atom. The van der Waals surface area contributed by atoms with Gasteiger partial charge >= 0.3 is 0 Å². The van der Waals surface area contributed by atoms with Gasteiger partial charge in [0.15, 0.2) is 0 Å². The molecule has 1 heterocycles. The highest BCUT2D eigenvalue weighted by Crippen LogP contribution is 2.22. The van der Waals surface area contributed by atoms with Gasteiger partial charge in [-0.15, -0.1) is 0 Å². The Morgan fingerprint density at radius 3 is 2.38 bits per heavy atom. The Balaban J connectivity index is 2.33. The summed E-state index contributed by atoms with van der Waals surface area (Å²) >= 11 is 0. The zero-order chi connectivity index (χ0) is 9.84. The van der Waals surface area contributed by atoms with Crippen molar-refractivity contribution in [2.75, 3.05) is 19.6 Å². The molecule has 0 aromatic carbocycles. The van der Waals surface area contributed by atoms with E-state index in [9.17, 15) is 4.79 Å². The van der Waals surface area contributed by atoms with Crippen molar-refractivity contribution in [1.29, 1.82) is 0 Å². The number of rotatable bonds is 3. The SMILES string of the molecule is CC1CN(C(=O)CCCN)CC1C. The van der Waals surface area contributed by atoms with Crippen molar-refractivity contribution in [3.05, 3.63) is 0 Å². The molecule has 1 amide bonds. The molecule has 1 fully saturated rings. The van der Waals surface area contributed by atoms with Crippen LogP contribution in [0.1, 0.15) is 26.7 Å². The topological polar surface area (TPSA) is 46.3 Å². The third kappa shape index (κ3) is 2.69. The summed E-state index contributed by atoms with van der Waals surface area (Å²) in [5.74, 6) is 1.59. The molecular formula is C10H20N2O. The monoisotopic (exact) mass is 184 g/mol. The van der Waals surface area contributed by atoms with Crippen LogP contribution in [0.25, 0.3) is 0 Å². The lowest BCUT2D eigenvalue weighted by molar-refractivity contribution is -0.130. The molecule has 13 heavy (non-hydrogen) atoms. The molecule has 0 saturated carbocycles. The van der Waals surface area contributed by atoms with E-state index in [2.05, 4.69) is 13.8 Å². The van der Waals surface area contributed by atoms with Crippen molar-refractivity contribution in [3.63, 3.8) is 0 Å². The zero-order valence-electron chi connectivity index (χ0n) is 8.62. The number of nitrogens with two attached hydrogens (primary N) is 1. The van der Waals surface area contributed by atoms with Gasteiger partial charge < -0.3 is 10.6 Å². The Bertz CT molecular complexity index is 172. The lowest BCUT2D eigenvalue weighted by Crippen LogP contribution is -2.29. The van der Waals surface area contributed by atoms with Gasteiger partial charge in [-0.05, 0) is 24.8 Å². The summed E-state index contributed by atoms with van der Waals surface area (Å²) in [6, 6.07) is 0. The molecule has 0 spiro atoms. The first-order chi connectivity index (χ1) is 6.15. The number of carbonyl (C=O) groups is 1. The van der Waals surface area contributed by atoms with E-state index in [4.69, 9.17) is 5.73 Å². The van der Waals surface area contributed by atoms with Gasteiger partial charge in [-0.1, -0.05) is 13.8 Å². The fourth-order valence-corrected chi connectivity index (χ4v) is 1.74. The fraction of sp³-hybridized carbons (Fsp3) is 0.900. The lowest BCUT2D eigenvalue weighted by Gasteiger charge is -2.15. The average Bonchev–Trinajstić information content (AvgIpc) is 2.43. The molecule has 2 unspecified atom stereocenters. The van der Waals surface area contributed by atoms with E-state index in [-0.39, 0.29) is 5.91 Å². The van der Waals surface area contributed by atoms with Crippen molar-refractivity contribution in [1.82, 2.24) is 4.90 Å². The normalized spacial score (nSPS) is 28.1. The summed E-state index contributed by atoms with van der Waals surface area (Å²) in [6.07, 6.45) is 1.44. The molecule has 0 aliphatic carbocycles. The molecule has 2 atom stereocenters. The highest BCUT2D eigenvalue weighted by Gasteiger charge is 2.28. The molecule has 3 nitrogen and oxygen atoms in total. The van der Waals surface area contributed by atoms with Crippen LogP contribution >= 0.6 is 0 Å². The van der Waals surface area contributed by atoms with Gasteiger partial charge in [-0.2, -0.15) is 0 Å². The highest BCUT2D eigenvalue weighted by atomic mass is 16.2. The molecule has 1 saturated heterocycles. The fourth-order valence-electron chi connectivity index (χ4n) is 1.74. The molecule has 76 valence electrons. The summed E-state index contributed by atoms with van der Waals surface area (Å²) in [5.41, 5.74) is 5.36. The second-order valence-corrected chi connectivity index (χ2v) is 4.15. The van der Waals surface area contributed by atoms with Crippen molar-refractivity contribution >= 4 is 5.91 Å². The summed E-state index contributed by atoms with van der Waals surface area (Å²) < 4.78 is 0. The molecule has 1 aliphatic rings. The van der Waals surface area contributed by atoms with Crippen LogP contribution in [0.15, 0.2) is 0 Å². The van der Waals surface area contributed by atoms with E-state index in [1.165, 1.54) is 0 Å². The van der Waals surface area contributed by atoms with Crippen LogP contribution in [0.4, 0.5) is 0 Å². The van der Waals surface area contributed by atoms with Crippen LogP contribution in [0.5, 0.6) is 0 Å². The summed E-state index contributed by atoms with van der Waals surface area (Å²) in [5, 5.41) is 0. The van der Waals surface area contributed by atoms with Crippen LogP contribution in [0, 0.1) is 11.8 Å². The van der Waals surface area contributed by atoms with Crippen LogP contribution < -0.4 is 5.73 Å². The van der Waals surface area contributed by atoms with E-state index in [1.54, 1.807) is 0 Å². The molecule has 1 aliphatic heterocycles. The molecule has 0 aromatic heterocycles. The van der Waals surface area contributed by atoms with Crippen molar-refractivity contribution in [3.8, 4) is 0 Å². The highest BCUT2D eigenvalue weighted by molar-refractivity contribution is 5.76. The summed E-state index contributed by atoms with van der Waals surface area (Å²) in [7, 11) is 0. The van der Waals surface area contributed by atoms with E-state index >= 15 is 0 Å². The molecule has 0 radical (unpaired) electrons. The van der Waals surface area contributed by atoms with Crippen molar-refractivity contribution < 1.29 is 4.79 Å². The third-order valence-corrected chi connectivity index (χ3v) is 2.94. The van der Waals surface area contributed by atoms with E-state index in [1.807, 2.05) is 4.90 Å². The number of likely N-dealkylation sites (tertiary alicyclic amines) is 1. The van der Waals surface area contributed by atoms with E-state index in [0.717, 1.165) is 19.5 Å². The first-order valence-electron chi connectivity index (χ1n) is 5.13. The average molecular weight is 184 g/mol. The standard InChI is InChI=1S/C10H20N2O/c1-8-6-12(7-9(8)2)10(13)4-3-5-11/h8-9H,3-7,11H2,1-2H3. The maximum absolute atomic E-state index is 11.6.